The molecule has 0 aromatic carbocycles. The van der Waals surface area contributed by atoms with E-state index in [1.54, 1.807) is 0 Å². The fraction of sp³-hybridized carbons (Fsp3) is 0.900. The monoisotopic (exact) mass is 301 g/mol. The van der Waals surface area contributed by atoms with E-state index in [1.165, 1.54) is 0 Å². The van der Waals surface area contributed by atoms with Crippen LogP contribution in [0.4, 0.5) is 8.78 Å². The molecule has 0 aliphatic heterocycles. The highest BCUT2D eigenvalue weighted by molar-refractivity contribution is 9.09. The molecule has 0 bridgehead atoms. The number of carbonyl (C=O) groups excluding carboxylic acids is 1. The highest BCUT2D eigenvalue weighted by Crippen LogP contribution is 2.08. The molecule has 0 saturated carbocycles. The summed E-state index contributed by atoms with van der Waals surface area (Å²) in [6.45, 7) is 4.98. The van der Waals surface area contributed by atoms with Crippen molar-refractivity contribution in [3.63, 3.8) is 0 Å². The minimum absolute atomic E-state index is 0.163. The van der Waals surface area contributed by atoms with Gasteiger partial charge < -0.3 is 9.64 Å². The van der Waals surface area contributed by atoms with Crippen LogP contribution < -0.4 is 0 Å². The van der Waals surface area contributed by atoms with Gasteiger partial charge in [-0.3, -0.25) is 4.79 Å². The van der Waals surface area contributed by atoms with Crippen LogP contribution in [0.1, 0.15) is 20.8 Å². The van der Waals surface area contributed by atoms with Crippen LogP contribution in [0.2, 0.25) is 0 Å². The number of carbonyl (C=O) groups is 1. The third-order valence-electron chi connectivity index (χ3n) is 1.69. The largest absolute Gasteiger partial charge is 0.366 e. The minimum atomic E-state index is -2.52. The van der Waals surface area contributed by atoms with E-state index in [0.29, 0.717) is 5.33 Å². The predicted octanol–water partition coefficient (Wildman–Crippen LogP) is 2.29. The molecule has 96 valence electrons. The summed E-state index contributed by atoms with van der Waals surface area (Å²) >= 11 is 3.12. The van der Waals surface area contributed by atoms with Gasteiger partial charge in [0.05, 0.1) is 12.1 Å². The van der Waals surface area contributed by atoms with Crippen LogP contribution in [-0.2, 0) is 9.53 Å². The van der Waals surface area contributed by atoms with E-state index in [4.69, 9.17) is 4.74 Å². The molecular weight excluding hydrogens is 284 g/mol. The van der Waals surface area contributed by atoms with Crippen molar-refractivity contribution in [3.8, 4) is 0 Å². The molecule has 0 atom stereocenters. The van der Waals surface area contributed by atoms with E-state index in [2.05, 4.69) is 15.9 Å². The summed E-state index contributed by atoms with van der Waals surface area (Å²) in [4.78, 5) is 12.7. The van der Waals surface area contributed by atoms with Gasteiger partial charge in [-0.05, 0) is 20.8 Å². The quantitative estimate of drug-likeness (QED) is 0.705. The lowest BCUT2D eigenvalue weighted by atomic mass is 10.2. The molecule has 0 rings (SSSR count). The Morgan fingerprint density at radius 3 is 2.38 bits per heavy atom. The molecular formula is C10H18BrF2NO2. The lowest BCUT2D eigenvalue weighted by Crippen LogP contribution is -2.40. The molecule has 0 aromatic rings. The van der Waals surface area contributed by atoms with E-state index in [1.807, 2.05) is 20.8 Å². The Morgan fingerprint density at radius 1 is 1.44 bits per heavy atom. The lowest BCUT2D eigenvalue weighted by Gasteiger charge is -2.24. The molecule has 0 saturated heterocycles. The standard InChI is InChI=1S/C10H18BrF2NO2/c1-10(2,3)16-7-9(15)14(5-4-11)6-8(12)13/h8H,4-7H2,1-3H3. The average Bonchev–Trinajstić information content (AvgIpc) is 2.11. The van der Waals surface area contributed by atoms with Gasteiger partial charge in [-0.25, -0.2) is 8.78 Å². The zero-order valence-electron chi connectivity index (χ0n) is 9.80. The van der Waals surface area contributed by atoms with Crippen LogP contribution in [-0.4, -0.2) is 47.9 Å². The number of ether oxygens (including phenoxy) is 1. The van der Waals surface area contributed by atoms with Crippen molar-refractivity contribution in [1.82, 2.24) is 4.90 Å². The summed E-state index contributed by atoms with van der Waals surface area (Å²) in [6.07, 6.45) is -2.52. The molecule has 0 aliphatic rings. The Balaban J connectivity index is 4.16. The highest BCUT2D eigenvalue weighted by Gasteiger charge is 2.20. The minimum Gasteiger partial charge on any atom is -0.366 e. The number of alkyl halides is 3. The molecule has 0 radical (unpaired) electrons. The van der Waals surface area contributed by atoms with Crippen LogP contribution in [0.5, 0.6) is 0 Å². The first-order valence-corrected chi connectivity index (χ1v) is 6.14. The second kappa shape index (κ2) is 7.17. The smallest absolute Gasteiger partial charge is 0.255 e. The maximum Gasteiger partial charge on any atom is 0.255 e. The third-order valence-corrected chi connectivity index (χ3v) is 2.05. The van der Waals surface area contributed by atoms with Crippen molar-refractivity contribution in [2.24, 2.45) is 0 Å². The van der Waals surface area contributed by atoms with Gasteiger partial charge in [0.1, 0.15) is 6.61 Å². The topological polar surface area (TPSA) is 29.5 Å². The Labute approximate surface area is 103 Å². The van der Waals surface area contributed by atoms with Crippen molar-refractivity contribution in [3.05, 3.63) is 0 Å². The summed E-state index contributed by atoms with van der Waals surface area (Å²) in [6, 6.07) is 0. The van der Waals surface area contributed by atoms with Crippen molar-refractivity contribution < 1.29 is 18.3 Å². The van der Waals surface area contributed by atoms with E-state index in [0.717, 1.165) is 4.90 Å². The normalized spacial score (nSPS) is 11.9. The maximum atomic E-state index is 12.2. The lowest BCUT2D eigenvalue weighted by molar-refractivity contribution is -0.142. The fourth-order valence-corrected chi connectivity index (χ4v) is 1.38. The van der Waals surface area contributed by atoms with Gasteiger partial charge in [0.15, 0.2) is 0 Å². The zero-order valence-corrected chi connectivity index (χ0v) is 11.4. The van der Waals surface area contributed by atoms with Gasteiger partial charge in [0.2, 0.25) is 5.91 Å². The molecule has 0 unspecified atom stereocenters. The van der Waals surface area contributed by atoms with Gasteiger partial charge in [0.25, 0.3) is 6.43 Å². The Kier molecular flexibility index (Phi) is 7.06. The molecule has 3 nitrogen and oxygen atoms in total. The second-order valence-electron chi connectivity index (χ2n) is 4.32. The number of nitrogens with zero attached hydrogens (tertiary/aromatic N) is 1. The van der Waals surface area contributed by atoms with E-state index >= 15 is 0 Å². The van der Waals surface area contributed by atoms with Crippen LogP contribution in [0.15, 0.2) is 0 Å². The molecule has 0 heterocycles. The van der Waals surface area contributed by atoms with Gasteiger partial charge in [-0.2, -0.15) is 0 Å². The molecule has 0 spiro atoms. The Bertz CT molecular complexity index is 219. The summed E-state index contributed by atoms with van der Waals surface area (Å²) in [5.41, 5.74) is -0.444. The molecule has 0 fully saturated rings. The SMILES string of the molecule is CC(C)(C)OCC(=O)N(CCBr)CC(F)F. The second-order valence-corrected chi connectivity index (χ2v) is 5.11. The van der Waals surface area contributed by atoms with Crippen molar-refractivity contribution in [2.45, 2.75) is 32.8 Å². The number of hydrogen-bond donors (Lipinski definition) is 0. The van der Waals surface area contributed by atoms with Crippen LogP contribution >= 0.6 is 15.9 Å². The summed E-state index contributed by atoms with van der Waals surface area (Å²) in [5.74, 6) is -0.408. The van der Waals surface area contributed by atoms with Gasteiger partial charge in [-0.15, -0.1) is 0 Å². The fourth-order valence-electron chi connectivity index (χ4n) is 0.956. The Hall–Kier alpha value is -0.230. The van der Waals surface area contributed by atoms with E-state index < -0.39 is 24.5 Å². The number of rotatable bonds is 6. The molecule has 16 heavy (non-hydrogen) atoms. The van der Waals surface area contributed by atoms with Crippen LogP contribution in [0.25, 0.3) is 0 Å². The zero-order chi connectivity index (χ0) is 12.8. The number of hydrogen-bond acceptors (Lipinski definition) is 2. The first-order chi connectivity index (χ1) is 7.26. The molecule has 0 aliphatic carbocycles. The van der Waals surface area contributed by atoms with Crippen molar-refractivity contribution >= 4 is 21.8 Å². The van der Waals surface area contributed by atoms with Crippen LogP contribution in [0.3, 0.4) is 0 Å². The van der Waals surface area contributed by atoms with E-state index in [-0.39, 0.29) is 13.2 Å². The van der Waals surface area contributed by atoms with Gasteiger partial charge >= 0.3 is 0 Å². The predicted molar refractivity (Wildman–Crippen MR) is 62.1 cm³/mol. The summed E-state index contributed by atoms with van der Waals surface area (Å²) in [5, 5.41) is 0.473. The molecule has 0 N–H and O–H groups in total. The molecule has 0 aromatic heterocycles. The first kappa shape index (κ1) is 15.8. The first-order valence-electron chi connectivity index (χ1n) is 5.02. The third kappa shape index (κ3) is 7.98. The van der Waals surface area contributed by atoms with Crippen molar-refractivity contribution in [1.29, 1.82) is 0 Å². The van der Waals surface area contributed by atoms with E-state index in [9.17, 15) is 13.6 Å². The van der Waals surface area contributed by atoms with Crippen LogP contribution in [0, 0.1) is 0 Å². The highest BCUT2D eigenvalue weighted by atomic mass is 79.9. The summed E-state index contributed by atoms with van der Waals surface area (Å²) in [7, 11) is 0. The Morgan fingerprint density at radius 2 is 2.00 bits per heavy atom. The molecule has 6 heteroatoms. The number of halogens is 3. The van der Waals surface area contributed by atoms with Gasteiger partial charge in [0, 0.05) is 11.9 Å². The van der Waals surface area contributed by atoms with Gasteiger partial charge in [-0.1, -0.05) is 15.9 Å². The van der Waals surface area contributed by atoms with Crippen molar-refractivity contribution in [2.75, 3.05) is 25.0 Å². The molecule has 1 amide bonds. The average molecular weight is 302 g/mol. The number of amides is 1. The maximum absolute atomic E-state index is 12.2. The summed E-state index contributed by atoms with van der Waals surface area (Å²) < 4.78 is 29.6.